The van der Waals surface area contributed by atoms with Crippen molar-refractivity contribution in [3.05, 3.63) is 0 Å². The number of carboxylic acid groups (broad SMARTS) is 1. The highest BCUT2D eigenvalue weighted by Gasteiger charge is 2.48. The minimum atomic E-state index is -1.11. The van der Waals surface area contributed by atoms with Crippen LogP contribution in [-0.4, -0.2) is 58.8 Å². The normalized spacial score (nSPS) is 29.2. The lowest BCUT2D eigenvalue weighted by molar-refractivity contribution is -0.149. The lowest BCUT2D eigenvalue weighted by Gasteiger charge is -2.55. The molecule has 178 valence electrons. The Hall–Kier alpha value is -1.28. The van der Waals surface area contributed by atoms with Crippen LogP contribution in [0, 0.1) is 29.6 Å². The number of carboxylic acids is 1. The van der Waals surface area contributed by atoms with Gasteiger partial charge in [-0.1, -0.05) is 20.8 Å². The van der Waals surface area contributed by atoms with Gasteiger partial charge in [0.25, 0.3) is 0 Å². The van der Waals surface area contributed by atoms with E-state index in [-0.39, 0.29) is 30.7 Å². The van der Waals surface area contributed by atoms with Gasteiger partial charge in [0.2, 0.25) is 5.91 Å². The van der Waals surface area contributed by atoms with Gasteiger partial charge in [0.15, 0.2) is 0 Å². The monoisotopic (exact) mass is 456 g/mol. The molecule has 0 radical (unpaired) electrons. The number of hydrogen-bond acceptors (Lipinski definition) is 6. The van der Waals surface area contributed by atoms with Gasteiger partial charge in [-0.2, -0.15) is 12.6 Å². The molecular weight excluding hydrogens is 416 g/mol. The van der Waals surface area contributed by atoms with Gasteiger partial charge in [0.05, 0.1) is 13.0 Å². The van der Waals surface area contributed by atoms with Crippen LogP contribution in [0.3, 0.4) is 0 Å². The summed E-state index contributed by atoms with van der Waals surface area (Å²) in [6.07, 6.45) is 8.56. The maximum atomic E-state index is 11.9. The first-order valence-electron chi connectivity index (χ1n) is 11.6. The van der Waals surface area contributed by atoms with Crippen molar-refractivity contribution in [2.45, 2.75) is 71.3 Å². The average molecular weight is 457 g/mol. The van der Waals surface area contributed by atoms with Crippen molar-refractivity contribution in [2.24, 2.45) is 35.3 Å². The highest BCUT2D eigenvalue weighted by Crippen LogP contribution is 2.54. The van der Waals surface area contributed by atoms with E-state index in [2.05, 4.69) is 12.6 Å². The molecule has 8 heteroatoms. The van der Waals surface area contributed by atoms with E-state index >= 15 is 0 Å². The molecule has 4 saturated carbocycles. The predicted octanol–water partition coefficient (Wildman–Crippen LogP) is 2.97. The van der Waals surface area contributed by atoms with Gasteiger partial charge in [0, 0.05) is 23.8 Å². The second-order valence-electron chi connectivity index (χ2n) is 10.3. The third-order valence-electron chi connectivity index (χ3n) is 6.58. The van der Waals surface area contributed by atoms with Crippen LogP contribution < -0.4 is 5.73 Å². The van der Waals surface area contributed by atoms with Crippen LogP contribution in [0.1, 0.15) is 65.7 Å². The van der Waals surface area contributed by atoms with E-state index < -0.39 is 18.5 Å². The summed E-state index contributed by atoms with van der Waals surface area (Å²) in [5.41, 5.74) is 6.62. The molecule has 4 bridgehead atoms. The molecule has 4 aliphatic carbocycles. The van der Waals surface area contributed by atoms with Gasteiger partial charge in [-0.25, -0.2) is 0 Å². The van der Waals surface area contributed by atoms with Crippen molar-refractivity contribution < 1.29 is 24.2 Å². The van der Waals surface area contributed by atoms with Crippen LogP contribution >= 0.6 is 12.6 Å². The fourth-order valence-electron chi connectivity index (χ4n) is 5.56. The highest BCUT2D eigenvalue weighted by molar-refractivity contribution is 7.80. The SMILES string of the molecule is CC(C)COC(=O)CCN(CC(=O)O)C(=O)C(C)CS.NC12CC3CC(CC(C3)C1)C2. The first-order valence-corrected chi connectivity index (χ1v) is 12.2. The number of nitrogens with two attached hydrogens (primary N) is 1. The molecule has 3 N–H and O–H groups in total. The Balaban J connectivity index is 0.000000254. The third-order valence-corrected chi connectivity index (χ3v) is 7.13. The molecule has 0 aromatic heterocycles. The topological polar surface area (TPSA) is 110 Å². The number of hydrogen-bond donors (Lipinski definition) is 3. The van der Waals surface area contributed by atoms with E-state index in [0.717, 1.165) is 22.7 Å². The number of rotatable bonds is 9. The van der Waals surface area contributed by atoms with E-state index in [0.29, 0.717) is 17.9 Å². The molecule has 0 spiro atoms. The minimum absolute atomic E-state index is 0.00890. The van der Waals surface area contributed by atoms with Gasteiger partial charge >= 0.3 is 11.9 Å². The van der Waals surface area contributed by atoms with Crippen molar-refractivity contribution in [1.82, 2.24) is 4.90 Å². The Bertz CT molecular complexity index is 604. The van der Waals surface area contributed by atoms with Gasteiger partial charge in [-0.3, -0.25) is 14.4 Å². The molecule has 1 amide bonds. The van der Waals surface area contributed by atoms with Crippen LogP contribution in [0.25, 0.3) is 0 Å². The maximum Gasteiger partial charge on any atom is 0.323 e. The van der Waals surface area contributed by atoms with Crippen molar-refractivity contribution in [3.63, 3.8) is 0 Å². The summed E-state index contributed by atoms with van der Waals surface area (Å²) in [5.74, 6) is 1.37. The van der Waals surface area contributed by atoms with Crippen LogP contribution in [0.15, 0.2) is 0 Å². The molecular formula is C23H40N2O5S. The van der Waals surface area contributed by atoms with Crippen molar-refractivity contribution in [2.75, 3.05) is 25.4 Å². The summed E-state index contributed by atoms with van der Waals surface area (Å²) in [6, 6.07) is 0. The third kappa shape index (κ3) is 8.29. The van der Waals surface area contributed by atoms with E-state index in [1.807, 2.05) is 13.8 Å². The molecule has 4 fully saturated rings. The predicted molar refractivity (Wildman–Crippen MR) is 123 cm³/mol. The number of thiol groups is 1. The maximum absolute atomic E-state index is 11.9. The van der Waals surface area contributed by atoms with Crippen LogP contribution in [0.5, 0.6) is 0 Å². The zero-order valence-electron chi connectivity index (χ0n) is 19.2. The molecule has 0 aromatic rings. The zero-order chi connectivity index (χ0) is 23.2. The second kappa shape index (κ2) is 11.5. The Morgan fingerprint density at radius 1 is 1.10 bits per heavy atom. The Morgan fingerprint density at radius 3 is 2.00 bits per heavy atom. The Kier molecular flexibility index (Phi) is 9.67. The van der Waals surface area contributed by atoms with Crippen molar-refractivity contribution in [3.8, 4) is 0 Å². The molecule has 4 rings (SSSR count). The molecule has 0 heterocycles. The largest absolute Gasteiger partial charge is 0.480 e. The summed E-state index contributed by atoms with van der Waals surface area (Å²) < 4.78 is 4.99. The number of esters is 1. The van der Waals surface area contributed by atoms with E-state index in [4.69, 9.17) is 15.6 Å². The molecule has 31 heavy (non-hydrogen) atoms. The van der Waals surface area contributed by atoms with Gasteiger partial charge in [0.1, 0.15) is 6.54 Å². The molecule has 0 saturated heterocycles. The lowest BCUT2D eigenvalue weighted by atomic mass is 9.53. The van der Waals surface area contributed by atoms with Crippen molar-refractivity contribution in [1.29, 1.82) is 0 Å². The quantitative estimate of drug-likeness (QED) is 0.363. The molecule has 4 aliphatic rings. The Morgan fingerprint density at radius 2 is 1.61 bits per heavy atom. The molecule has 0 aliphatic heterocycles. The van der Waals surface area contributed by atoms with E-state index in [1.54, 1.807) is 6.92 Å². The molecule has 0 aromatic carbocycles. The summed E-state index contributed by atoms with van der Waals surface area (Å²) in [4.78, 5) is 35.3. The molecule has 7 nitrogen and oxygen atoms in total. The first kappa shape index (κ1) is 26.0. The number of nitrogens with zero attached hydrogens (tertiary/aromatic N) is 1. The number of ether oxygens (including phenoxy) is 1. The number of carbonyl (C=O) groups excluding carboxylic acids is 2. The Labute approximate surface area is 191 Å². The van der Waals surface area contributed by atoms with E-state index in [9.17, 15) is 14.4 Å². The minimum Gasteiger partial charge on any atom is -0.480 e. The second-order valence-corrected chi connectivity index (χ2v) is 10.7. The van der Waals surface area contributed by atoms with Gasteiger partial charge in [-0.15, -0.1) is 0 Å². The summed E-state index contributed by atoms with van der Waals surface area (Å²) in [7, 11) is 0. The molecule has 1 unspecified atom stereocenters. The summed E-state index contributed by atoms with van der Waals surface area (Å²) in [5, 5.41) is 8.80. The van der Waals surface area contributed by atoms with Crippen LogP contribution in [-0.2, 0) is 19.1 Å². The number of amides is 1. The van der Waals surface area contributed by atoms with Crippen molar-refractivity contribution >= 4 is 30.5 Å². The fraction of sp³-hybridized carbons (Fsp3) is 0.870. The molecule has 1 atom stereocenters. The lowest BCUT2D eigenvalue weighted by Crippen LogP contribution is -2.55. The smallest absolute Gasteiger partial charge is 0.323 e. The average Bonchev–Trinajstić information content (AvgIpc) is 2.66. The zero-order valence-corrected chi connectivity index (χ0v) is 20.1. The fourth-order valence-corrected chi connectivity index (χ4v) is 5.71. The van der Waals surface area contributed by atoms with E-state index in [1.165, 1.54) is 38.5 Å². The standard InChI is InChI=1S/C13H23NO5S.C10H17N/c1-9(2)7-19-12(17)4-5-14(6-11(15)16)13(18)10(3)8-20;11-10-4-7-1-8(5-10)3-9(2-7)6-10/h9-10,20H,4-8H2,1-3H3,(H,15,16);7-9H,1-6,11H2. The number of aliphatic carboxylic acids is 1. The highest BCUT2D eigenvalue weighted by atomic mass is 32.1. The van der Waals surface area contributed by atoms with Gasteiger partial charge < -0.3 is 20.5 Å². The first-order chi connectivity index (χ1) is 14.5. The van der Waals surface area contributed by atoms with Crippen LogP contribution in [0.4, 0.5) is 0 Å². The van der Waals surface area contributed by atoms with Gasteiger partial charge in [-0.05, 0) is 62.2 Å². The van der Waals surface area contributed by atoms with Crippen LogP contribution in [0.2, 0.25) is 0 Å². The summed E-state index contributed by atoms with van der Waals surface area (Å²) >= 11 is 4.02. The summed E-state index contributed by atoms with van der Waals surface area (Å²) in [6.45, 7) is 5.44. The number of carbonyl (C=O) groups is 3.